The normalized spacial score (nSPS) is 15.2. The molecule has 0 saturated carbocycles. The van der Waals surface area contributed by atoms with Gasteiger partial charge in [-0.3, -0.25) is 9.59 Å². The molecule has 0 fully saturated rings. The Kier molecular flexibility index (Phi) is 6.89. The number of nitrogens with zero attached hydrogens (tertiary/aromatic N) is 2. The van der Waals surface area contributed by atoms with E-state index in [1.807, 2.05) is 73.7 Å². The van der Waals surface area contributed by atoms with Gasteiger partial charge in [0.15, 0.2) is 0 Å². The number of aromatic nitrogens is 1. The molecule has 0 radical (unpaired) electrons. The number of amides is 1. The molecule has 3 aromatic carbocycles. The standard InChI is InChI=1S/C30H26BrN3O3/c1-18-8-14-24-23(16-18)28(21-6-4-3-5-7-21)29(30(37)32-24)25-17-26(20-10-12-22(31)13-11-20)34(33-25)27(36)15-9-19(2)35/h3-8,10-14,16,26H,9,15,17H2,1-2H3,(H,32,37). The molecule has 4 aromatic rings. The van der Waals surface area contributed by atoms with Crippen molar-refractivity contribution >= 4 is 44.2 Å². The van der Waals surface area contributed by atoms with Crippen LogP contribution in [-0.2, 0) is 9.59 Å². The molecule has 0 spiro atoms. The number of H-pyrrole nitrogens is 1. The number of Topliss-reactive ketones (excluding diaryl/α,β-unsaturated/α-hetero) is 1. The van der Waals surface area contributed by atoms with Crippen LogP contribution in [0.4, 0.5) is 0 Å². The highest BCUT2D eigenvalue weighted by Crippen LogP contribution is 2.37. The molecule has 5 rings (SSSR count). The van der Waals surface area contributed by atoms with E-state index in [0.29, 0.717) is 17.7 Å². The quantitative estimate of drug-likeness (QED) is 0.302. The molecular formula is C30H26BrN3O3. The Morgan fingerprint density at radius 1 is 1.00 bits per heavy atom. The molecule has 0 bridgehead atoms. The van der Waals surface area contributed by atoms with Crippen LogP contribution < -0.4 is 5.56 Å². The molecule has 1 aliphatic heterocycles. The maximum atomic E-state index is 13.6. The van der Waals surface area contributed by atoms with Crippen LogP contribution >= 0.6 is 15.9 Å². The van der Waals surface area contributed by atoms with Gasteiger partial charge in [0.05, 0.1) is 17.3 Å². The Balaban J connectivity index is 1.69. The molecular weight excluding hydrogens is 530 g/mol. The molecule has 1 aliphatic rings. The number of halogens is 1. The van der Waals surface area contributed by atoms with E-state index in [1.54, 1.807) is 0 Å². The molecule has 1 N–H and O–H groups in total. The van der Waals surface area contributed by atoms with Crippen molar-refractivity contribution < 1.29 is 9.59 Å². The van der Waals surface area contributed by atoms with Gasteiger partial charge in [-0.1, -0.05) is 70.0 Å². The zero-order chi connectivity index (χ0) is 26.1. The first-order valence-electron chi connectivity index (χ1n) is 12.2. The van der Waals surface area contributed by atoms with Gasteiger partial charge in [0, 0.05) is 40.2 Å². The predicted molar refractivity (Wildman–Crippen MR) is 150 cm³/mol. The average Bonchev–Trinajstić information content (AvgIpc) is 3.32. The second-order valence-corrected chi connectivity index (χ2v) is 10.3. The van der Waals surface area contributed by atoms with Crippen molar-refractivity contribution in [1.29, 1.82) is 0 Å². The minimum atomic E-state index is -0.376. The first-order chi connectivity index (χ1) is 17.8. The molecule has 1 aromatic heterocycles. The van der Waals surface area contributed by atoms with Gasteiger partial charge in [-0.25, -0.2) is 5.01 Å². The fourth-order valence-electron chi connectivity index (χ4n) is 4.82. The van der Waals surface area contributed by atoms with Crippen LogP contribution in [0.5, 0.6) is 0 Å². The molecule has 37 heavy (non-hydrogen) atoms. The van der Waals surface area contributed by atoms with E-state index in [0.717, 1.165) is 37.6 Å². The predicted octanol–water partition coefficient (Wildman–Crippen LogP) is 6.31. The van der Waals surface area contributed by atoms with E-state index in [2.05, 4.69) is 27.0 Å². The highest BCUT2D eigenvalue weighted by Gasteiger charge is 2.35. The molecule has 0 saturated heterocycles. The Hall–Kier alpha value is -3.84. The molecule has 1 amide bonds. The van der Waals surface area contributed by atoms with E-state index in [-0.39, 0.29) is 36.1 Å². The van der Waals surface area contributed by atoms with E-state index >= 15 is 0 Å². The average molecular weight is 556 g/mol. The fourth-order valence-corrected chi connectivity index (χ4v) is 5.08. The van der Waals surface area contributed by atoms with Crippen LogP contribution in [0.2, 0.25) is 0 Å². The van der Waals surface area contributed by atoms with Crippen LogP contribution in [0.15, 0.2) is 87.2 Å². The molecule has 7 heteroatoms. The number of carbonyl (C=O) groups excluding carboxylic acids is 2. The lowest BCUT2D eigenvalue weighted by molar-refractivity contribution is -0.134. The van der Waals surface area contributed by atoms with Crippen LogP contribution in [0.3, 0.4) is 0 Å². The van der Waals surface area contributed by atoms with Gasteiger partial charge in [-0.05, 0) is 49.2 Å². The number of hydrazone groups is 1. The fraction of sp³-hybridized carbons (Fsp3) is 0.200. The Morgan fingerprint density at radius 3 is 2.43 bits per heavy atom. The monoisotopic (exact) mass is 555 g/mol. The van der Waals surface area contributed by atoms with Gasteiger partial charge in [-0.2, -0.15) is 5.10 Å². The lowest BCUT2D eigenvalue weighted by Gasteiger charge is -2.22. The second-order valence-electron chi connectivity index (χ2n) is 9.38. The Morgan fingerprint density at radius 2 is 1.73 bits per heavy atom. The maximum absolute atomic E-state index is 13.6. The summed E-state index contributed by atoms with van der Waals surface area (Å²) in [5.74, 6) is -0.294. The zero-order valence-corrected chi connectivity index (χ0v) is 22.2. The van der Waals surface area contributed by atoms with Crippen LogP contribution in [0, 0.1) is 6.92 Å². The third-order valence-corrected chi connectivity index (χ3v) is 7.16. The molecule has 1 unspecified atom stereocenters. The van der Waals surface area contributed by atoms with E-state index in [4.69, 9.17) is 5.10 Å². The summed E-state index contributed by atoms with van der Waals surface area (Å²) in [7, 11) is 0. The van der Waals surface area contributed by atoms with Gasteiger partial charge in [0.25, 0.3) is 5.56 Å². The third-order valence-electron chi connectivity index (χ3n) is 6.63. The van der Waals surface area contributed by atoms with Gasteiger partial charge in [0.1, 0.15) is 5.78 Å². The number of aryl methyl sites for hydroxylation is 1. The molecule has 6 nitrogen and oxygen atoms in total. The summed E-state index contributed by atoms with van der Waals surface area (Å²) in [6.45, 7) is 3.49. The van der Waals surface area contributed by atoms with Crippen molar-refractivity contribution in [3.8, 4) is 11.1 Å². The smallest absolute Gasteiger partial charge is 0.258 e. The summed E-state index contributed by atoms with van der Waals surface area (Å²) in [6, 6.07) is 23.1. The second kappa shape index (κ2) is 10.3. The number of hydrogen-bond donors (Lipinski definition) is 1. The number of aromatic amines is 1. The van der Waals surface area contributed by atoms with Crippen molar-refractivity contribution in [2.75, 3.05) is 0 Å². The number of benzene rings is 3. The van der Waals surface area contributed by atoms with E-state index < -0.39 is 0 Å². The van der Waals surface area contributed by atoms with Gasteiger partial charge < -0.3 is 9.78 Å². The van der Waals surface area contributed by atoms with E-state index in [9.17, 15) is 14.4 Å². The summed E-state index contributed by atoms with van der Waals surface area (Å²) in [4.78, 5) is 41.4. The highest BCUT2D eigenvalue weighted by molar-refractivity contribution is 9.10. The number of ketones is 1. The Bertz CT molecular complexity index is 1590. The van der Waals surface area contributed by atoms with E-state index in [1.165, 1.54) is 11.9 Å². The topological polar surface area (TPSA) is 82.6 Å². The lowest BCUT2D eigenvalue weighted by Crippen LogP contribution is -2.27. The van der Waals surface area contributed by atoms with Gasteiger partial charge >= 0.3 is 0 Å². The minimum Gasteiger partial charge on any atom is -0.321 e. The first kappa shape index (κ1) is 24.8. The number of fused-ring (bicyclic) bond motifs is 1. The number of hydrogen-bond acceptors (Lipinski definition) is 4. The SMILES string of the molecule is CC(=O)CCC(=O)N1N=C(c2c(-c3ccccc3)c3cc(C)ccc3[nH]c2=O)CC1c1ccc(Br)cc1. The van der Waals surface area contributed by atoms with Gasteiger partial charge in [0.2, 0.25) is 5.91 Å². The zero-order valence-electron chi connectivity index (χ0n) is 20.6. The number of pyridine rings is 1. The molecule has 1 atom stereocenters. The Labute approximate surface area is 223 Å². The number of carbonyl (C=O) groups is 2. The van der Waals surface area contributed by atoms with Crippen LogP contribution in [-0.4, -0.2) is 27.4 Å². The number of rotatable bonds is 6. The summed E-state index contributed by atoms with van der Waals surface area (Å²) in [5.41, 5.74) is 5.20. The van der Waals surface area contributed by atoms with Gasteiger partial charge in [-0.15, -0.1) is 0 Å². The first-order valence-corrected chi connectivity index (χ1v) is 13.0. The van der Waals surface area contributed by atoms with Crippen molar-refractivity contribution in [2.45, 2.75) is 39.2 Å². The molecule has 2 heterocycles. The van der Waals surface area contributed by atoms with Crippen molar-refractivity contribution in [1.82, 2.24) is 9.99 Å². The van der Waals surface area contributed by atoms with Crippen LogP contribution in [0.25, 0.3) is 22.0 Å². The molecule has 0 aliphatic carbocycles. The number of nitrogens with one attached hydrogen (secondary N) is 1. The van der Waals surface area contributed by atoms with Crippen molar-refractivity contribution in [2.24, 2.45) is 5.10 Å². The van der Waals surface area contributed by atoms with Crippen LogP contribution in [0.1, 0.15) is 48.9 Å². The third kappa shape index (κ3) is 5.04. The highest BCUT2D eigenvalue weighted by atomic mass is 79.9. The van der Waals surface area contributed by atoms with Crippen molar-refractivity contribution in [3.63, 3.8) is 0 Å². The summed E-state index contributed by atoms with van der Waals surface area (Å²) in [5, 5.41) is 7.13. The summed E-state index contributed by atoms with van der Waals surface area (Å²) >= 11 is 3.47. The lowest BCUT2D eigenvalue weighted by atomic mass is 9.90. The molecule has 186 valence electrons. The summed E-state index contributed by atoms with van der Waals surface area (Å²) in [6.07, 6.45) is 0.601. The van der Waals surface area contributed by atoms with Crippen molar-refractivity contribution in [3.05, 3.63) is 104 Å². The maximum Gasteiger partial charge on any atom is 0.258 e. The summed E-state index contributed by atoms with van der Waals surface area (Å²) < 4.78 is 0.928. The minimum absolute atomic E-state index is 0.0513. The largest absolute Gasteiger partial charge is 0.321 e.